The van der Waals surface area contributed by atoms with Crippen molar-refractivity contribution in [2.75, 3.05) is 6.54 Å². The van der Waals surface area contributed by atoms with Gasteiger partial charge in [0.2, 0.25) is 0 Å². The topological polar surface area (TPSA) is 26.0 Å². The van der Waals surface area contributed by atoms with Crippen LogP contribution in [-0.2, 0) is 6.42 Å². The van der Waals surface area contributed by atoms with E-state index in [0.29, 0.717) is 6.54 Å². The number of halogens is 1. The highest BCUT2D eigenvalue weighted by atomic mass is 19.1. The van der Waals surface area contributed by atoms with Crippen molar-refractivity contribution in [1.29, 1.82) is 0 Å². The number of allylic oxidation sites excluding steroid dienone is 1. The number of hydrogen-bond donors (Lipinski definition) is 1. The first-order chi connectivity index (χ1) is 6.31. The van der Waals surface area contributed by atoms with E-state index >= 15 is 0 Å². The van der Waals surface area contributed by atoms with Crippen molar-refractivity contribution in [3.63, 3.8) is 0 Å². The molecule has 0 aliphatic heterocycles. The Kier molecular flexibility index (Phi) is 2.15. The number of nitrogens with two attached hydrogens (primary N) is 1. The standard InChI is InChI=1S/C11H12FN/c12-10-3-4-11-8(5-6-13)1-2-9(11)7-10/h1,3-4,7H,2,5-6,13H2. The molecule has 68 valence electrons. The second-order valence-corrected chi connectivity index (χ2v) is 3.27. The van der Waals surface area contributed by atoms with Crippen molar-refractivity contribution < 1.29 is 4.39 Å². The summed E-state index contributed by atoms with van der Waals surface area (Å²) in [5.41, 5.74) is 9.00. The SMILES string of the molecule is NCCC1=CCc2cc(F)ccc21. The summed E-state index contributed by atoms with van der Waals surface area (Å²) in [5, 5.41) is 0. The highest BCUT2D eigenvalue weighted by Crippen LogP contribution is 2.29. The van der Waals surface area contributed by atoms with Crippen molar-refractivity contribution in [1.82, 2.24) is 0 Å². The fourth-order valence-electron chi connectivity index (χ4n) is 1.78. The number of fused-ring (bicyclic) bond motifs is 1. The molecular formula is C11H12FN. The highest BCUT2D eigenvalue weighted by Gasteiger charge is 2.13. The van der Waals surface area contributed by atoms with E-state index in [4.69, 9.17) is 5.73 Å². The van der Waals surface area contributed by atoms with Gasteiger partial charge < -0.3 is 5.73 Å². The minimum absolute atomic E-state index is 0.152. The van der Waals surface area contributed by atoms with Crippen LogP contribution in [0.3, 0.4) is 0 Å². The monoisotopic (exact) mass is 177 g/mol. The molecule has 0 saturated heterocycles. The molecule has 0 fully saturated rings. The third-order valence-corrected chi connectivity index (χ3v) is 2.40. The van der Waals surface area contributed by atoms with Crippen LogP contribution in [0.15, 0.2) is 24.3 Å². The van der Waals surface area contributed by atoms with Crippen LogP contribution < -0.4 is 5.73 Å². The number of benzene rings is 1. The largest absolute Gasteiger partial charge is 0.330 e. The average Bonchev–Trinajstić information content (AvgIpc) is 2.49. The molecule has 1 nitrogen and oxygen atoms in total. The fraction of sp³-hybridized carbons (Fsp3) is 0.273. The first kappa shape index (κ1) is 8.45. The van der Waals surface area contributed by atoms with Crippen LogP contribution >= 0.6 is 0 Å². The summed E-state index contributed by atoms with van der Waals surface area (Å²) in [5.74, 6) is -0.152. The van der Waals surface area contributed by atoms with Crippen LogP contribution in [0, 0.1) is 5.82 Å². The molecule has 0 amide bonds. The van der Waals surface area contributed by atoms with Crippen molar-refractivity contribution in [2.24, 2.45) is 5.73 Å². The van der Waals surface area contributed by atoms with Crippen LogP contribution in [0.5, 0.6) is 0 Å². The van der Waals surface area contributed by atoms with E-state index in [0.717, 1.165) is 18.4 Å². The van der Waals surface area contributed by atoms with Gasteiger partial charge in [-0.15, -0.1) is 0 Å². The lowest BCUT2D eigenvalue weighted by molar-refractivity contribution is 0.626. The molecule has 0 spiro atoms. The second-order valence-electron chi connectivity index (χ2n) is 3.27. The Morgan fingerprint density at radius 3 is 3.00 bits per heavy atom. The molecule has 13 heavy (non-hydrogen) atoms. The normalized spacial score (nSPS) is 14.2. The van der Waals surface area contributed by atoms with Gasteiger partial charge in [0.25, 0.3) is 0 Å². The summed E-state index contributed by atoms with van der Waals surface area (Å²) in [4.78, 5) is 0. The molecule has 2 rings (SSSR count). The van der Waals surface area contributed by atoms with Gasteiger partial charge in [0, 0.05) is 0 Å². The van der Waals surface area contributed by atoms with E-state index in [1.165, 1.54) is 17.2 Å². The van der Waals surface area contributed by atoms with Crippen molar-refractivity contribution in [2.45, 2.75) is 12.8 Å². The molecular weight excluding hydrogens is 165 g/mol. The third kappa shape index (κ3) is 1.49. The van der Waals surface area contributed by atoms with Gasteiger partial charge in [-0.05, 0) is 48.2 Å². The zero-order valence-electron chi connectivity index (χ0n) is 7.39. The van der Waals surface area contributed by atoms with E-state index in [1.807, 2.05) is 6.07 Å². The molecule has 0 atom stereocenters. The predicted molar refractivity (Wildman–Crippen MR) is 51.8 cm³/mol. The Hall–Kier alpha value is -1.15. The first-order valence-electron chi connectivity index (χ1n) is 4.49. The molecule has 1 aromatic rings. The Bertz CT molecular complexity index is 355. The van der Waals surface area contributed by atoms with E-state index in [9.17, 15) is 4.39 Å². The molecule has 0 heterocycles. The lowest BCUT2D eigenvalue weighted by atomic mass is 10.0. The van der Waals surface area contributed by atoms with Gasteiger partial charge in [0.05, 0.1) is 0 Å². The van der Waals surface area contributed by atoms with E-state index in [2.05, 4.69) is 6.08 Å². The number of hydrogen-bond acceptors (Lipinski definition) is 1. The lowest BCUT2D eigenvalue weighted by Gasteiger charge is -2.03. The molecule has 1 aliphatic rings. The van der Waals surface area contributed by atoms with Crippen molar-refractivity contribution >= 4 is 5.57 Å². The summed E-state index contributed by atoms with van der Waals surface area (Å²) in [6.45, 7) is 0.655. The molecule has 1 aliphatic carbocycles. The smallest absolute Gasteiger partial charge is 0.123 e. The van der Waals surface area contributed by atoms with Gasteiger partial charge in [-0.3, -0.25) is 0 Å². The van der Waals surface area contributed by atoms with Crippen LogP contribution in [0.4, 0.5) is 4.39 Å². The molecule has 1 aromatic carbocycles. The Morgan fingerprint density at radius 1 is 1.38 bits per heavy atom. The maximum absolute atomic E-state index is 12.8. The Balaban J connectivity index is 2.34. The van der Waals surface area contributed by atoms with Gasteiger partial charge in [-0.1, -0.05) is 12.1 Å². The minimum Gasteiger partial charge on any atom is -0.330 e. The zero-order chi connectivity index (χ0) is 9.26. The van der Waals surface area contributed by atoms with E-state index in [1.54, 1.807) is 6.07 Å². The third-order valence-electron chi connectivity index (χ3n) is 2.40. The molecule has 0 saturated carbocycles. The summed E-state index contributed by atoms with van der Waals surface area (Å²) in [6.07, 6.45) is 3.87. The summed E-state index contributed by atoms with van der Waals surface area (Å²) >= 11 is 0. The summed E-state index contributed by atoms with van der Waals surface area (Å²) in [7, 11) is 0. The second kappa shape index (κ2) is 3.30. The molecule has 2 heteroatoms. The van der Waals surface area contributed by atoms with Crippen molar-refractivity contribution in [3.05, 3.63) is 41.2 Å². The quantitative estimate of drug-likeness (QED) is 0.735. The van der Waals surface area contributed by atoms with Gasteiger partial charge in [-0.2, -0.15) is 0 Å². The summed E-state index contributed by atoms with van der Waals surface area (Å²) in [6, 6.07) is 4.96. The van der Waals surface area contributed by atoms with E-state index < -0.39 is 0 Å². The maximum atomic E-state index is 12.8. The lowest BCUT2D eigenvalue weighted by Crippen LogP contribution is -1.99. The highest BCUT2D eigenvalue weighted by molar-refractivity contribution is 5.73. The fourth-order valence-corrected chi connectivity index (χ4v) is 1.78. The predicted octanol–water partition coefficient (Wildman–Crippen LogP) is 2.11. The maximum Gasteiger partial charge on any atom is 0.123 e. The Morgan fingerprint density at radius 2 is 2.23 bits per heavy atom. The summed E-state index contributed by atoms with van der Waals surface area (Å²) < 4.78 is 12.8. The first-order valence-corrected chi connectivity index (χ1v) is 4.49. The van der Waals surface area contributed by atoms with Crippen LogP contribution in [0.1, 0.15) is 17.5 Å². The van der Waals surface area contributed by atoms with Crippen molar-refractivity contribution in [3.8, 4) is 0 Å². The van der Waals surface area contributed by atoms with Gasteiger partial charge in [0.15, 0.2) is 0 Å². The molecule has 0 aromatic heterocycles. The van der Waals surface area contributed by atoms with Gasteiger partial charge in [-0.25, -0.2) is 4.39 Å². The van der Waals surface area contributed by atoms with Gasteiger partial charge >= 0.3 is 0 Å². The molecule has 0 radical (unpaired) electrons. The Labute approximate surface area is 77.1 Å². The van der Waals surface area contributed by atoms with Crippen LogP contribution in [-0.4, -0.2) is 6.54 Å². The zero-order valence-corrected chi connectivity index (χ0v) is 7.39. The van der Waals surface area contributed by atoms with Crippen LogP contribution in [0.2, 0.25) is 0 Å². The molecule has 0 bridgehead atoms. The van der Waals surface area contributed by atoms with Crippen LogP contribution in [0.25, 0.3) is 5.57 Å². The average molecular weight is 177 g/mol. The number of rotatable bonds is 2. The van der Waals surface area contributed by atoms with E-state index in [-0.39, 0.29) is 5.82 Å². The van der Waals surface area contributed by atoms with Gasteiger partial charge in [0.1, 0.15) is 5.82 Å². The minimum atomic E-state index is -0.152. The molecule has 2 N–H and O–H groups in total. The molecule has 0 unspecified atom stereocenters.